The molecule has 1 atom stereocenters. The maximum absolute atomic E-state index is 13.5. The van der Waals surface area contributed by atoms with Gasteiger partial charge < -0.3 is 19.7 Å². The van der Waals surface area contributed by atoms with Gasteiger partial charge in [0, 0.05) is 41.8 Å². The Hall–Kier alpha value is -4.55. The third-order valence-corrected chi connectivity index (χ3v) is 8.69. The highest BCUT2D eigenvalue weighted by molar-refractivity contribution is 7.09. The maximum Gasteiger partial charge on any atom is 0.252 e. The van der Waals surface area contributed by atoms with Crippen LogP contribution in [0.5, 0.6) is 0 Å². The van der Waals surface area contributed by atoms with Gasteiger partial charge in [-0.05, 0) is 35.1 Å². The highest BCUT2D eigenvalue weighted by atomic mass is 35.5. The minimum atomic E-state index is -0.387. The van der Waals surface area contributed by atoms with Gasteiger partial charge in [-0.2, -0.15) is 10.1 Å². The first-order chi connectivity index (χ1) is 21.1. The van der Waals surface area contributed by atoms with Crippen molar-refractivity contribution in [2.45, 2.75) is 46.2 Å². The van der Waals surface area contributed by atoms with Crippen LogP contribution in [0.25, 0.3) is 33.3 Å². The molecule has 6 rings (SSSR count). The van der Waals surface area contributed by atoms with Crippen LogP contribution in [0.3, 0.4) is 0 Å². The zero-order valence-corrected chi connectivity index (χ0v) is 26.2. The van der Waals surface area contributed by atoms with Crippen LogP contribution < -0.4 is 10.6 Å². The fourth-order valence-corrected chi connectivity index (χ4v) is 6.17. The number of benzene rings is 2. The number of hydrogen-bond donors (Lipinski definition) is 3. The smallest absolute Gasteiger partial charge is 0.252 e. The van der Waals surface area contributed by atoms with Crippen LogP contribution in [-0.2, 0) is 17.8 Å². The van der Waals surface area contributed by atoms with Crippen LogP contribution in [-0.4, -0.2) is 48.8 Å². The van der Waals surface area contributed by atoms with Crippen molar-refractivity contribution < 1.29 is 14.1 Å². The van der Waals surface area contributed by atoms with Gasteiger partial charge in [0.1, 0.15) is 5.82 Å². The SMILES string of the molecule is CNC(=O)c1cc2nc(-c3ccc4cn[nH]c4c3)n([C@H](CC(=O)NCc3nc(Cc4cccs4)no3)C(C)(C)C)c2cc1Cl. The summed E-state index contributed by atoms with van der Waals surface area (Å²) in [5.41, 5.74) is 2.92. The number of aromatic amines is 1. The van der Waals surface area contributed by atoms with E-state index in [0.717, 1.165) is 21.3 Å². The van der Waals surface area contributed by atoms with Crippen LogP contribution in [0.15, 0.2) is 58.6 Å². The van der Waals surface area contributed by atoms with Gasteiger partial charge >= 0.3 is 0 Å². The van der Waals surface area contributed by atoms with Crippen molar-refractivity contribution >= 4 is 56.7 Å². The number of nitrogens with zero attached hydrogens (tertiary/aromatic N) is 5. The minimum absolute atomic E-state index is 0.114. The summed E-state index contributed by atoms with van der Waals surface area (Å²) in [6, 6.07) is 13.0. The summed E-state index contributed by atoms with van der Waals surface area (Å²) in [6.45, 7) is 6.35. The Morgan fingerprint density at radius 2 is 2.00 bits per heavy atom. The second kappa shape index (κ2) is 11.9. The lowest BCUT2D eigenvalue weighted by Gasteiger charge is -2.33. The van der Waals surface area contributed by atoms with Gasteiger partial charge in [0.05, 0.1) is 39.9 Å². The molecule has 44 heavy (non-hydrogen) atoms. The highest BCUT2D eigenvalue weighted by Gasteiger charge is 2.33. The second-order valence-electron chi connectivity index (χ2n) is 11.6. The van der Waals surface area contributed by atoms with Crippen LogP contribution in [0.1, 0.15) is 60.2 Å². The Kier molecular flexibility index (Phi) is 7.95. The lowest BCUT2D eigenvalue weighted by molar-refractivity contribution is -0.122. The topological polar surface area (TPSA) is 144 Å². The molecule has 0 spiro atoms. The maximum atomic E-state index is 13.5. The molecule has 13 heteroatoms. The summed E-state index contributed by atoms with van der Waals surface area (Å²) < 4.78 is 7.44. The third kappa shape index (κ3) is 5.95. The zero-order valence-electron chi connectivity index (χ0n) is 24.6. The summed E-state index contributed by atoms with van der Waals surface area (Å²) in [5.74, 6) is 1.06. The number of nitrogens with one attached hydrogen (secondary N) is 3. The van der Waals surface area contributed by atoms with E-state index < -0.39 is 0 Å². The van der Waals surface area contributed by atoms with Gasteiger partial charge in [-0.15, -0.1) is 11.3 Å². The van der Waals surface area contributed by atoms with Crippen molar-refractivity contribution in [2.75, 3.05) is 7.05 Å². The number of fused-ring (bicyclic) bond motifs is 2. The van der Waals surface area contributed by atoms with Gasteiger partial charge in [0.2, 0.25) is 11.8 Å². The van der Waals surface area contributed by atoms with E-state index in [4.69, 9.17) is 21.1 Å². The van der Waals surface area contributed by atoms with Crippen molar-refractivity contribution in [3.63, 3.8) is 0 Å². The molecule has 3 N–H and O–H groups in total. The molecule has 2 aromatic carbocycles. The summed E-state index contributed by atoms with van der Waals surface area (Å²) in [6.07, 6.45) is 2.47. The minimum Gasteiger partial charge on any atom is -0.355 e. The number of thiophene rings is 1. The normalized spacial score (nSPS) is 12.6. The van der Waals surface area contributed by atoms with Crippen molar-refractivity contribution in [2.24, 2.45) is 5.41 Å². The van der Waals surface area contributed by atoms with E-state index in [1.165, 1.54) is 0 Å². The van der Waals surface area contributed by atoms with E-state index in [0.29, 0.717) is 45.6 Å². The van der Waals surface area contributed by atoms with Crippen LogP contribution in [0.4, 0.5) is 0 Å². The van der Waals surface area contributed by atoms with Crippen LogP contribution in [0, 0.1) is 5.41 Å². The molecule has 6 aromatic rings. The summed E-state index contributed by atoms with van der Waals surface area (Å²) in [7, 11) is 1.56. The Labute approximate surface area is 262 Å². The lowest BCUT2D eigenvalue weighted by atomic mass is 9.84. The Morgan fingerprint density at radius 3 is 2.75 bits per heavy atom. The number of amides is 2. The Morgan fingerprint density at radius 1 is 1.16 bits per heavy atom. The molecule has 0 saturated heterocycles. The Bertz CT molecular complexity index is 1970. The molecule has 0 unspecified atom stereocenters. The van der Waals surface area contributed by atoms with E-state index in [2.05, 4.69) is 56.3 Å². The van der Waals surface area contributed by atoms with Gasteiger partial charge in [-0.3, -0.25) is 14.7 Å². The Balaban J connectivity index is 1.34. The number of H-pyrrole nitrogens is 1. The molecule has 0 aliphatic carbocycles. The first-order valence-corrected chi connectivity index (χ1v) is 15.3. The molecule has 0 fully saturated rings. The first-order valence-electron chi connectivity index (χ1n) is 14.1. The molecular formula is C31H31ClN8O3S. The van der Waals surface area contributed by atoms with Crippen molar-refractivity contribution in [3.05, 3.63) is 81.2 Å². The lowest BCUT2D eigenvalue weighted by Crippen LogP contribution is -2.32. The standard InChI is InChI=1S/C31H31ClN8O3S/c1-31(2,3)25(14-27(41)34-16-28-37-26(39-43-28)11-19-6-5-9-44-19)40-24-13-21(32)20(30(42)33-4)12-23(24)36-29(40)17-7-8-18-15-35-38-22(18)10-17/h5-10,12-13,15,25H,11,14,16H2,1-4H3,(H,33,42)(H,34,41)(H,35,38)/t25-/m1/s1. The van der Waals surface area contributed by atoms with Crippen LogP contribution in [0.2, 0.25) is 5.02 Å². The molecule has 4 aromatic heterocycles. The molecule has 0 saturated carbocycles. The molecule has 0 bridgehead atoms. The predicted molar refractivity (Wildman–Crippen MR) is 170 cm³/mol. The fraction of sp³-hybridized carbons (Fsp3) is 0.290. The monoisotopic (exact) mass is 630 g/mol. The molecular weight excluding hydrogens is 600 g/mol. The first kappa shape index (κ1) is 29.5. The number of rotatable bonds is 9. The van der Waals surface area contributed by atoms with Crippen molar-refractivity contribution in [3.8, 4) is 11.4 Å². The number of hydrogen-bond acceptors (Lipinski definition) is 8. The molecule has 11 nitrogen and oxygen atoms in total. The molecule has 0 aliphatic rings. The second-order valence-corrected chi connectivity index (χ2v) is 13.0. The molecule has 4 heterocycles. The number of imidazole rings is 1. The largest absolute Gasteiger partial charge is 0.355 e. The van der Waals surface area contributed by atoms with E-state index in [1.54, 1.807) is 36.7 Å². The molecule has 2 amide bonds. The van der Waals surface area contributed by atoms with Crippen molar-refractivity contribution in [1.82, 2.24) is 40.5 Å². The number of aromatic nitrogens is 6. The van der Waals surface area contributed by atoms with Gasteiger partial charge in [0.15, 0.2) is 5.82 Å². The predicted octanol–water partition coefficient (Wildman–Crippen LogP) is 5.92. The van der Waals surface area contributed by atoms with Crippen LogP contribution >= 0.6 is 22.9 Å². The van der Waals surface area contributed by atoms with E-state index >= 15 is 0 Å². The van der Waals surface area contributed by atoms with Gasteiger partial charge in [0.25, 0.3) is 5.91 Å². The van der Waals surface area contributed by atoms with E-state index in [-0.39, 0.29) is 36.2 Å². The summed E-state index contributed by atoms with van der Waals surface area (Å²) in [5, 5.41) is 20.1. The fourth-order valence-electron chi connectivity index (χ4n) is 5.23. The summed E-state index contributed by atoms with van der Waals surface area (Å²) >= 11 is 8.27. The number of halogens is 1. The van der Waals surface area contributed by atoms with Gasteiger partial charge in [-0.25, -0.2) is 4.98 Å². The molecule has 226 valence electrons. The van der Waals surface area contributed by atoms with Gasteiger partial charge in [-0.1, -0.05) is 55.7 Å². The van der Waals surface area contributed by atoms with Crippen molar-refractivity contribution in [1.29, 1.82) is 0 Å². The zero-order chi connectivity index (χ0) is 31.0. The van der Waals surface area contributed by atoms with E-state index in [1.807, 2.05) is 35.7 Å². The average molecular weight is 631 g/mol. The highest BCUT2D eigenvalue weighted by Crippen LogP contribution is 2.41. The third-order valence-electron chi connectivity index (χ3n) is 7.50. The quantitative estimate of drug-likeness (QED) is 0.180. The molecule has 0 aliphatic heterocycles. The summed E-state index contributed by atoms with van der Waals surface area (Å²) in [4.78, 5) is 36.6. The molecule has 0 radical (unpaired) electrons. The number of carbonyl (C=O) groups excluding carboxylic acids is 2. The van der Waals surface area contributed by atoms with E-state index in [9.17, 15) is 9.59 Å². The average Bonchev–Trinajstić information content (AvgIpc) is 3.81. The number of carbonyl (C=O) groups is 2.